The van der Waals surface area contributed by atoms with Gasteiger partial charge in [-0.25, -0.2) is 4.39 Å². The second-order valence-electron chi connectivity index (χ2n) is 5.74. The van der Waals surface area contributed by atoms with E-state index < -0.39 is 0 Å². The zero-order chi connectivity index (χ0) is 18.8. The predicted octanol–water partition coefficient (Wildman–Crippen LogP) is 3.32. The summed E-state index contributed by atoms with van der Waals surface area (Å²) in [5.74, 6) is 0.830. The maximum Gasteiger partial charge on any atom is 0.300 e. The van der Waals surface area contributed by atoms with E-state index in [9.17, 15) is 9.18 Å². The number of aromatic nitrogens is 4. The highest BCUT2D eigenvalue weighted by Gasteiger charge is 2.14. The van der Waals surface area contributed by atoms with Gasteiger partial charge in [0.15, 0.2) is 5.16 Å². The van der Waals surface area contributed by atoms with E-state index in [-0.39, 0.29) is 17.0 Å². The molecule has 0 spiro atoms. The number of nitrogens with zero attached hydrogens (tertiary/aromatic N) is 4. The first-order valence-electron chi connectivity index (χ1n) is 8.14. The molecule has 2 aromatic heterocycles. The summed E-state index contributed by atoms with van der Waals surface area (Å²) in [5, 5.41) is 8.71. The van der Waals surface area contributed by atoms with E-state index in [4.69, 9.17) is 4.74 Å². The molecule has 136 valence electrons. The molecule has 8 heteroatoms. The van der Waals surface area contributed by atoms with Crippen molar-refractivity contribution in [1.29, 1.82) is 0 Å². The number of para-hydroxylation sites is 2. The lowest BCUT2D eigenvalue weighted by Crippen LogP contribution is -2.20. The molecule has 0 fully saturated rings. The summed E-state index contributed by atoms with van der Waals surface area (Å²) >= 11 is 1.39. The molecular weight excluding hydrogens is 367 g/mol. The fourth-order valence-electron chi connectivity index (χ4n) is 2.76. The van der Waals surface area contributed by atoms with Crippen LogP contribution < -0.4 is 10.3 Å². The number of rotatable bonds is 5. The van der Waals surface area contributed by atoms with Gasteiger partial charge in [-0.2, -0.15) is 0 Å². The number of methoxy groups -OCH3 is 1. The maximum atomic E-state index is 13.3. The van der Waals surface area contributed by atoms with Gasteiger partial charge in [0, 0.05) is 18.1 Å². The molecule has 2 aromatic carbocycles. The molecule has 6 nitrogen and oxygen atoms in total. The molecule has 0 atom stereocenters. The molecule has 0 saturated carbocycles. The Balaban J connectivity index is 1.69. The maximum absolute atomic E-state index is 13.3. The first kappa shape index (κ1) is 17.3. The van der Waals surface area contributed by atoms with E-state index in [1.807, 2.05) is 18.2 Å². The van der Waals surface area contributed by atoms with Gasteiger partial charge in [-0.05, 0) is 29.8 Å². The van der Waals surface area contributed by atoms with Crippen LogP contribution in [0.3, 0.4) is 0 Å². The van der Waals surface area contributed by atoms with Crippen molar-refractivity contribution in [2.24, 2.45) is 0 Å². The largest absolute Gasteiger partial charge is 0.495 e. The summed E-state index contributed by atoms with van der Waals surface area (Å²) in [7, 11) is 1.56. The first-order valence-corrected chi connectivity index (χ1v) is 9.13. The number of hydrogen-bond acceptors (Lipinski definition) is 5. The highest BCUT2D eigenvalue weighted by atomic mass is 32.2. The van der Waals surface area contributed by atoms with Gasteiger partial charge in [-0.15, -0.1) is 10.2 Å². The van der Waals surface area contributed by atoms with Crippen LogP contribution in [0.4, 0.5) is 4.39 Å². The summed E-state index contributed by atoms with van der Waals surface area (Å²) in [6.07, 6.45) is 3.39. The Labute approximate surface area is 158 Å². The molecule has 0 aliphatic heterocycles. The monoisotopic (exact) mass is 382 g/mol. The third kappa shape index (κ3) is 3.31. The van der Waals surface area contributed by atoms with E-state index in [0.29, 0.717) is 22.3 Å². The van der Waals surface area contributed by atoms with Crippen molar-refractivity contribution < 1.29 is 9.13 Å². The van der Waals surface area contributed by atoms with Gasteiger partial charge in [0.2, 0.25) is 5.65 Å². The molecule has 0 unspecified atom stereocenters. The van der Waals surface area contributed by atoms with Gasteiger partial charge < -0.3 is 4.74 Å². The van der Waals surface area contributed by atoms with E-state index >= 15 is 0 Å². The van der Waals surface area contributed by atoms with Crippen molar-refractivity contribution in [3.63, 3.8) is 0 Å². The van der Waals surface area contributed by atoms with Crippen LogP contribution >= 0.6 is 11.8 Å². The van der Waals surface area contributed by atoms with Crippen LogP contribution in [0.15, 0.2) is 70.9 Å². The average molecular weight is 382 g/mol. The number of benzene rings is 2. The van der Waals surface area contributed by atoms with Gasteiger partial charge in [-0.3, -0.25) is 13.8 Å². The topological polar surface area (TPSA) is 61.4 Å². The normalized spacial score (nSPS) is 11.0. The molecule has 27 heavy (non-hydrogen) atoms. The SMILES string of the molecule is COc1ccccc1-n1ccn2c(SCc3cccc(F)c3)nnc2c1=O. The van der Waals surface area contributed by atoms with E-state index in [1.165, 1.54) is 28.5 Å². The Hall–Kier alpha value is -3.13. The summed E-state index contributed by atoms with van der Waals surface area (Å²) in [5.41, 5.74) is 1.38. The fourth-order valence-corrected chi connectivity index (χ4v) is 3.62. The van der Waals surface area contributed by atoms with Crippen LogP contribution in [0.25, 0.3) is 11.3 Å². The van der Waals surface area contributed by atoms with Crippen LogP contribution in [-0.4, -0.2) is 26.3 Å². The third-order valence-corrected chi connectivity index (χ3v) is 5.06. The summed E-state index contributed by atoms with van der Waals surface area (Å²) in [4.78, 5) is 12.9. The highest BCUT2D eigenvalue weighted by molar-refractivity contribution is 7.98. The zero-order valence-electron chi connectivity index (χ0n) is 14.4. The van der Waals surface area contributed by atoms with E-state index in [0.717, 1.165) is 5.56 Å². The number of fused-ring (bicyclic) bond motifs is 1. The van der Waals surface area contributed by atoms with Crippen molar-refractivity contribution >= 4 is 17.4 Å². The minimum atomic E-state index is -0.299. The standard InChI is InChI=1S/C19H15FN4O2S/c1-26-16-8-3-2-7-15(16)23-9-10-24-17(18(23)25)21-22-19(24)27-12-13-5-4-6-14(20)11-13/h2-11H,12H2,1H3. The van der Waals surface area contributed by atoms with Crippen molar-refractivity contribution in [2.75, 3.05) is 7.11 Å². The van der Waals surface area contributed by atoms with Crippen LogP contribution in [0.1, 0.15) is 5.56 Å². The van der Waals surface area contributed by atoms with Gasteiger partial charge in [0.25, 0.3) is 0 Å². The van der Waals surface area contributed by atoms with Gasteiger partial charge in [0.1, 0.15) is 11.6 Å². The Kier molecular flexibility index (Phi) is 4.64. The second-order valence-corrected chi connectivity index (χ2v) is 6.68. The second kappa shape index (κ2) is 7.24. The molecule has 2 heterocycles. The first-order chi connectivity index (χ1) is 13.2. The van der Waals surface area contributed by atoms with Gasteiger partial charge in [-0.1, -0.05) is 36.0 Å². The molecule has 0 saturated heterocycles. The summed E-state index contributed by atoms with van der Waals surface area (Å²) in [6.45, 7) is 0. The van der Waals surface area contributed by atoms with Crippen molar-refractivity contribution in [3.05, 3.63) is 82.7 Å². The summed E-state index contributed by atoms with van der Waals surface area (Å²) in [6, 6.07) is 13.6. The molecule has 4 rings (SSSR count). The lowest BCUT2D eigenvalue weighted by Gasteiger charge is -2.10. The van der Waals surface area contributed by atoms with E-state index in [1.54, 1.807) is 42.1 Å². The molecule has 0 radical (unpaired) electrons. The minimum Gasteiger partial charge on any atom is -0.495 e. The van der Waals surface area contributed by atoms with E-state index in [2.05, 4.69) is 10.2 Å². The summed E-state index contributed by atoms with van der Waals surface area (Å²) < 4.78 is 21.8. The number of halogens is 1. The Morgan fingerprint density at radius 3 is 2.78 bits per heavy atom. The lowest BCUT2D eigenvalue weighted by atomic mass is 10.2. The van der Waals surface area contributed by atoms with Crippen LogP contribution in [0.2, 0.25) is 0 Å². The molecule has 0 aliphatic carbocycles. The Morgan fingerprint density at radius 1 is 1.11 bits per heavy atom. The molecule has 0 N–H and O–H groups in total. The molecule has 4 aromatic rings. The van der Waals surface area contributed by atoms with Gasteiger partial charge >= 0.3 is 5.56 Å². The van der Waals surface area contributed by atoms with Crippen molar-refractivity contribution in [1.82, 2.24) is 19.2 Å². The predicted molar refractivity (Wildman–Crippen MR) is 101 cm³/mol. The van der Waals surface area contributed by atoms with Gasteiger partial charge in [0.05, 0.1) is 12.8 Å². The quantitative estimate of drug-likeness (QED) is 0.496. The molecule has 0 amide bonds. The third-order valence-electron chi connectivity index (χ3n) is 4.04. The van der Waals surface area contributed by atoms with Crippen molar-refractivity contribution in [2.45, 2.75) is 10.9 Å². The molecular formula is C19H15FN4O2S. The number of thioether (sulfide) groups is 1. The zero-order valence-corrected chi connectivity index (χ0v) is 15.2. The lowest BCUT2D eigenvalue weighted by molar-refractivity contribution is 0.412. The Bertz CT molecular complexity index is 1170. The van der Waals surface area contributed by atoms with Crippen LogP contribution in [-0.2, 0) is 5.75 Å². The minimum absolute atomic E-state index is 0.213. The molecule has 0 bridgehead atoms. The van der Waals surface area contributed by atoms with Crippen LogP contribution in [0, 0.1) is 5.82 Å². The fraction of sp³-hybridized carbons (Fsp3) is 0.105. The number of ether oxygens (including phenoxy) is 1. The van der Waals surface area contributed by atoms with Crippen molar-refractivity contribution in [3.8, 4) is 11.4 Å². The smallest absolute Gasteiger partial charge is 0.300 e. The average Bonchev–Trinajstić information content (AvgIpc) is 3.11. The Morgan fingerprint density at radius 2 is 1.96 bits per heavy atom. The van der Waals surface area contributed by atoms with Crippen LogP contribution in [0.5, 0.6) is 5.75 Å². The number of hydrogen-bond donors (Lipinski definition) is 0. The molecule has 0 aliphatic rings. The highest BCUT2D eigenvalue weighted by Crippen LogP contribution is 2.23.